The Labute approximate surface area is 310 Å². The number of hydrogen-bond donors (Lipinski definition) is 1. The standard InChI is InChI=1S/C40H37N7O5S/c1-24-36-44-43-25(2)46(36)40-31(22-52-24)30(20-26-10-5-3-6-11-26)33(53-40)17-15-28-21-45(23-41-28)19-8-4-7-12-27-13-9-14-29-35(27)39(51)47(38(29)50)32-16-18-34(48)42-37(32)49/h3,5-6,9-11,13-14,21,23-24,32H,4,7-8,12,16,18-20,22H2,1-2H3,(H,42,48,49)/t24-,32?/m0/s1. The second-order valence-electron chi connectivity index (χ2n) is 13.6. The molecule has 0 aliphatic carbocycles. The smallest absolute Gasteiger partial charge is 0.262 e. The first kappa shape index (κ1) is 34.4. The van der Waals surface area contributed by atoms with Crippen LogP contribution in [0.25, 0.3) is 5.00 Å². The van der Waals surface area contributed by atoms with Gasteiger partial charge in [0.1, 0.15) is 28.7 Å². The number of carbonyl (C=O) groups is 4. The van der Waals surface area contributed by atoms with Crippen LogP contribution in [0.15, 0.2) is 61.1 Å². The molecule has 6 heterocycles. The highest BCUT2D eigenvalue weighted by atomic mass is 32.1. The Bertz CT molecular complexity index is 2330. The molecule has 1 fully saturated rings. The first-order valence-electron chi connectivity index (χ1n) is 17.9. The van der Waals surface area contributed by atoms with Gasteiger partial charge in [-0.05, 0) is 80.5 Å². The quantitative estimate of drug-likeness (QED) is 0.124. The highest BCUT2D eigenvalue weighted by molar-refractivity contribution is 7.15. The Morgan fingerprint density at radius 3 is 2.66 bits per heavy atom. The molecule has 53 heavy (non-hydrogen) atoms. The number of unbranched alkanes of at least 4 members (excludes halogenated alkanes) is 2. The van der Waals surface area contributed by atoms with E-state index in [2.05, 4.69) is 61.2 Å². The number of rotatable bonds is 9. The number of hydrogen-bond acceptors (Lipinski definition) is 9. The van der Waals surface area contributed by atoms with Crippen molar-refractivity contribution in [3.63, 3.8) is 0 Å². The molecule has 5 aromatic rings. The number of nitrogens with zero attached hydrogens (tertiary/aromatic N) is 6. The Kier molecular flexibility index (Phi) is 9.32. The van der Waals surface area contributed by atoms with Gasteiger partial charge in [0.05, 0.1) is 28.9 Å². The number of amides is 4. The molecule has 0 bridgehead atoms. The van der Waals surface area contributed by atoms with Crippen molar-refractivity contribution in [2.24, 2.45) is 0 Å². The minimum Gasteiger partial charge on any atom is -0.366 e. The van der Waals surface area contributed by atoms with Crippen LogP contribution in [0.3, 0.4) is 0 Å². The Morgan fingerprint density at radius 2 is 1.83 bits per heavy atom. The van der Waals surface area contributed by atoms with Crippen molar-refractivity contribution in [2.45, 2.75) is 84.1 Å². The van der Waals surface area contributed by atoms with Gasteiger partial charge in [-0.1, -0.05) is 48.9 Å². The molecule has 2 atom stereocenters. The number of ether oxygens (including phenoxy) is 1. The van der Waals surface area contributed by atoms with Crippen LogP contribution in [-0.4, -0.2) is 58.9 Å². The van der Waals surface area contributed by atoms with Gasteiger partial charge in [0.25, 0.3) is 11.8 Å². The minimum atomic E-state index is -0.972. The number of aromatic nitrogens is 5. The summed E-state index contributed by atoms with van der Waals surface area (Å²) in [7, 11) is 0. The van der Waals surface area contributed by atoms with Gasteiger partial charge >= 0.3 is 0 Å². The second-order valence-corrected chi connectivity index (χ2v) is 14.6. The van der Waals surface area contributed by atoms with Crippen molar-refractivity contribution in [3.8, 4) is 16.8 Å². The third kappa shape index (κ3) is 6.60. The molecule has 268 valence electrons. The summed E-state index contributed by atoms with van der Waals surface area (Å²) in [5.74, 6) is 6.40. The zero-order valence-corrected chi connectivity index (χ0v) is 30.2. The molecule has 0 saturated carbocycles. The molecule has 3 aliphatic rings. The lowest BCUT2D eigenvalue weighted by atomic mass is 9.98. The topological polar surface area (TPSA) is 141 Å². The van der Waals surface area contributed by atoms with Crippen molar-refractivity contribution >= 4 is 35.0 Å². The van der Waals surface area contributed by atoms with E-state index in [4.69, 9.17) is 4.74 Å². The number of piperidine rings is 1. The Balaban J connectivity index is 0.922. The molecule has 4 amide bonds. The normalized spacial score (nSPS) is 17.9. The van der Waals surface area contributed by atoms with Crippen molar-refractivity contribution in [3.05, 3.63) is 117 Å². The number of nitrogens with one attached hydrogen (secondary N) is 1. The van der Waals surface area contributed by atoms with E-state index in [-0.39, 0.29) is 18.9 Å². The monoisotopic (exact) mass is 727 g/mol. The molecule has 1 unspecified atom stereocenters. The van der Waals surface area contributed by atoms with Crippen LogP contribution >= 0.6 is 11.3 Å². The van der Waals surface area contributed by atoms with E-state index in [0.717, 1.165) is 75.3 Å². The number of thiophene rings is 1. The lowest BCUT2D eigenvalue weighted by molar-refractivity contribution is -0.136. The van der Waals surface area contributed by atoms with E-state index < -0.39 is 29.7 Å². The maximum Gasteiger partial charge on any atom is 0.262 e. The van der Waals surface area contributed by atoms with Gasteiger partial charge in [-0.3, -0.25) is 34.0 Å². The predicted molar refractivity (Wildman–Crippen MR) is 195 cm³/mol. The summed E-state index contributed by atoms with van der Waals surface area (Å²) < 4.78 is 10.4. The third-order valence-corrected chi connectivity index (χ3v) is 11.2. The van der Waals surface area contributed by atoms with E-state index in [1.54, 1.807) is 29.8 Å². The van der Waals surface area contributed by atoms with Crippen LogP contribution in [-0.2, 0) is 40.3 Å². The molecule has 1 N–H and O–H groups in total. The highest BCUT2D eigenvalue weighted by Gasteiger charge is 2.45. The third-order valence-electron chi connectivity index (χ3n) is 10.1. The fourth-order valence-corrected chi connectivity index (χ4v) is 8.56. The van der Waals surface area contributed by atoms with Gasteiger partial charge in [0.15, 0.2) is 5.82 Å². The van der Waals surface area contributed by atoms with E-state index in [1.165, 1.54) is 5.56 Å². The number of fused-ring (bicyclic) bond motifs is 4. The molecule has 1 saturated heterocycles. The molecule has 3 aliphatic heterocycles. The molecule has 0 radical (unpaired) electrons. The van der Waals surface area contributed by atoms with Gasteiger partial charge < -0.3 is 9.30 Å². The number of aryl methyl sites for hydroxylation is 3. The fourth-order valence-electron chi connectivity index (χ4n) is 7.33. The molecular weight excluding hydrogens is 691 g/mol. The molecule has 13 heteroatoms. The van der Waals surface area contributed by atoms with Crippen LogP contribution in [0.1, 0.15) is 110 Å². The summed E-state index contributed by atoms with van der Waals surface area (Å²) in [5, 5.41) is 12.0. The predicted octanol–water partition coefficient (Wildman–Crippen LogP) is 5.23. The van der Waals surface area contributed by atoms with Crippen LogP contribution in [0.5, 0.6) is 0 Å². The summed E-state index contributed by atoms with van der Waals surface area (Å²) in [6.07, 6.45) is 7.79. The van der Waals surface area contributed by atoms with Gasteiger partial charge in [0.2, 0.25) is 11.8 Å². The largest absolute Gasteiger partial charge is 0.366 e. The zero-order valence-electron chi connectivity index (χ0n) is 29.4. The van der Waals surface area contributed by atoms with Crippen LogP contribution in [0.4, 0.5) is 0 Å². The fraction of sp³-hybridized carbons (Fsp3) is 0.325. The molecule has 8 rings (SSSR count). The number of benzene rings is 2. The molecular formula is C40H37N7O5S. The molecule has 2 aromatic carbocycles. The number of imidazole rings is 1. The van der Waals surface area contributed by atoms with E-state index >= 15 is 0 Å². The van der Waals surface area contributed by atoms with Crippen LogP contribution in [0.2, 0.25) is 0 Å². The van der Waals surface area contributed by atoms with Gasteiger partial charge in [-0.15, -0.1) is 21.5 Å². The van der Waals surface area contributed by atoms with Gasteiger partial charge in [-0.25, -0.2) is 4.98 Å². The summed E-state index contributed by atoms with van der Waals surface area (Å²) in [4.78, 5) is 57.2. The Morgan fingerprint density at radius 1 is 0.981 bits per heavy atom. The van der Waals surface area contributed by atoms with Gasteiger partial charge in [0, 0.05) is 24.7 Å². The molecule has 0 spiro atoms. The van der Waals surface area contributed by atoms with Crippen LogP contribution in [0, 0.1) is 18.8 Å². The highest BCUT2D eigenvalue weighted by Crippen LogP contribution is 2.39. The van der Waals surface area contributed by atoms with Crippen molar-refractivity contribution in [2.75, 3.05) is 0 Å². The average Bonchev–Trinajstić information content (AvgIpc) is 3.89. The molecule has 12 nitrogen and oxygen atoms in total. The van der Waals surface area contributed by atoms with Crippen LogP contribution < -0.4 is 5.32 Å². The molecule has 3 aromatic heterocycles. The van der Waals surface area contributed by atoms with Gasteiger partial charge in [-0.2, -0.15) is 0 Å². The van der Waals surface area contributed by atoms with Crippen molar-refractivity contribution in [1.29, 1.82) is 0 Å². The summed E-state index contributed by atoms with van der Waals surface area (Å²) in [6, 6.07) is 14.7. The lowest BCUT2D eigenvalue weighted by Gasteiger charge is -2.27. The second kappa shape index (κ2) is 14.4. The lowest BCUT2D eigenvalue weighted by Crippen LogP contribution is -2.54. The maximum atomic E-state index is 13.4. The van der Waals surface area contributed by atoms with E-state index in [0.29, 0.717) is 29.8 Å². The minimum absolute atomic E-state index is 0.0917. The summed E-state index contributed by atoms with van der Waals surface area (Å²) in [6.45, 7) is 5.20. The summed E-state index contributed by atoms with van der Waals surface area (Å²) in [5.41, 5.74) is 5.63. The summed E-state index contributed by atoms with van der Waals surface area (Å²) >= 11 is 1.64. The SMILES string of the molecule is Cc1nnc2n1-c1sc(C#Cc3cn(CCCCCc4cccc5c4C(=O)N(C4CCC(=O)NC4=O)C5=O)cn3)c(Cc3ccccc3)c1CO[C@H]2C. The maximum absolute atomic E-state index is 13.4. The van der Waals surface area contributed by atoms with Crippen molar-refractivity contribution < 1.29 is 23.9 Å². The van der Waals surface area contributed by atoms with Crippen molar-refractivity contribution in [1.82, 2.24) is 34.5 Å². The number of carbonyl (C=O) groups excluding carboxylic acids is 4. The first-order chi connectivity index (χ1) is 25.8. The van der Waals surface area contributed by atoms with E-state index in [1.807, 2.05) is 36.7 Å². The Hall–Kier alpha value is -5.71. The van der Waals surface area contributed by atoms with E-state index in [9.17, 15) is 19.2 Å². The number of imide groups is 2. The first-order valence-corrected chi connectivity index (χ1v) is 18.7. The zero-order chi connectivity index (χ0) is 36.6. The average molecular weight is 728 g/mol.